The van der Waals surface area contributed by atoms with Crippen molar-refractivity contribution in [1.82, 2.24) is 19.5 Å². The Hall–Kier alpha value is -2.66. The molecule has 1 saturated heterocycles. The predicted octanol–water partition coefficient (Wildman–Crippen LogP) is -0.988. The van der Waals surface area contributed by atoms with E-state index in [0.29, 0.717) is 0 Å². The fourth-order valence-electron chi connectivity index (χ4n) is 2.94. The second kappa shape index (κ2) is 8.60. The molecular weight excluding hydrogens is 423 g/mol. The molecule has 0 bridgehead atoms. The third-order valence-corrected chi connectivity index (χ3v) is 5.25. The van der Waals surface area contributed by atoms with Gasteiger partial charge in [-0.25, -0.2) is 9.78 Å². The number of anilines is 1. The van der Waals surface area contributed by atoms with Crippen LogP contribution in [0.5, 0.6) is 0 Å². The molecule has 2 aromatic rings. The first kappa shape index (κ1) is 22.0. The van der Waals surface area contributed by atoms with Crippen molar-refractivity contribution in [3.8, 4) is 6.07 Å². The normalized spacial score (nSPS) is 22.7. The highest BCUT2D eigenvalue weighted by atomic mass is 31.2. The number of hydrogen-bond acceptors (Lipinski definition) is 11. The van der Waals surface area contributed by atoms with E-state index < -0.39 is 44.5 Å². The summed E-state index contributed by atoms with van der Waals surface area (Å²) >= 11 is 0. The molecule has 0 amide bonds. The van der Waals surface area contributed by atoms with Crippen LogP contribution in [0.1, 0.15) is 25.4 Å². The zero-order chi connectivity index (χ0) is 22.1. The van der Waals surface area contributed by atoms with Gasteiger partial charge >= 0.3 is 13.6 Å². The molecule has 15 heteroatoms. The van der Waals surface area contributed by atoms with E-state index in [0.717, 1.165) is 0 Å². The standard InChI is InChI=1S/C15H19N6O8P/c1-2-27-14(23)15(30(24,25)26)28-5-8-7(22)3-10(29-8)21-6-18-11-12(17)19-9(4-16)20-13(11)21/h6-8,10,15,22H,2-3,5H2,1H3,(H2,17,19,20)(H2,24,25,26)/t7-,8+,10+,15+/m0/s1. The Labute approximate surface area is 169 Å². The lowest BCUT2D eigenvalue weighted by Gasteiger charge is -2.21. The van der Waals surface area contributed by atoms with E-state index in [1.54, 1.807) is 6.07 Å². The SMILES string of the molecule is CCOC(=O)[C@H](OC[C@H]1O[C@@H](n2cnc3c(N)nc(C#N)nc32)C[C@@H]1O)P(=O)(O)O. The number of aliphatic hydroxyl groups is 1. The molecule has 5 N–H and O–H groups in total. The van der Waals surface area contributed by atoms with Crippen molar-refractivity contribution < 1.29 is 38.5 Å². The smallest absolute Gasteiger partial charge is 0.365 e. The average Bonchev–Trinajstić information content (AvgIpc) is 3.24. The molecule has 0 aliphatic carbocycles. The molecule has 30 heavy (non-hydrogen) atoms. The number of nitrogen functional groups attached to an aromatic ring is 1. The first-order valence-corrected chi connectivity index (χ1v) is 10.4. The number of hydrogen-bond donors (Lipinski definition) is 4. The van der Waals surface area contributed by atoms with Crippen LogP contribution >= 0.6 is 7.60 Å². The topological polar surface area (TPSA) is 216 Å². The number of nitrogens with zero attached hydrogens (tertiary/aromatic N) is 5. The molecule has 4 atom stereocenters. The van der Waals surface area contributed by atoms with Crippen LogP contribution < -0.4 is 5.73 Å². The largest absolute Gasteiger partial charge is 0.464 e. The van der Waals surface area contributed by atoms with Crippen LogP contribution in [-0.2, 0) is 23.6 Å². The predicted molar refractivity (Wildman–Crippen MR) is 97.4 cm³/mol. The zero-order valence-corrected chi connectivity index (χ0v) is 16.5. The van der Waals surface area contributed by atoms with E-state index in [-0.39, 0.29) is 35.8 Å². The van der Waals surface area contributed by atoms with Gasteiger partial charge in [0, 0.05) is 6.42 Å². The van der Waals surface area contributed by atoms with Crippen molar-refractivity contribution >= 4 is 30.5 Å². The van der Waals surface area contributed by atoms with Gasteiger partial charge in [-0.3, -0.25) is 9.13 Å². The van der Waals surface area contributed by atoms with Crippen molar-refractivity contribution in [2.24, 2.45) is 0 Å². The van der Waals surface area contributed by atoms with Gasteiger partial charge in [-0.1, -0.05) is 0 Å². The monoisotopic (exact) mass is 442 g/mol. The number of imidazole rings is 1. The van der Waals surface area contributed by atoms with Gasteiger partial charge in [-0.15, -0.1) is 0 Å². The van der Waals surface area contributed by atoms with Crippen LogP contribution in [0.2, 0.25) is 0 Å². The molecule has 1 aliphatic heterocycles. The highest BCUT2D eigenvalue weighted by Gasteiger charge is 2.42. The van der Waals surface area contributed by atoms with Gasteiger partial charge in [0.1, 0.15) is 23.9 Å². The summed E-state index contributed by atoms with van der Waals surface area (Å²) in [6.07, 6.45) is -1.46. The van der Waals surface area contributed by atoms with E-state index >= 15 is 0 Å². The van der Waals surface area contributed by atoms with Crippen LogP contribution in [0.4, 0.5) is 5.82 Å². The molecule has 0 spiro atoms. The maximum absolute atomic E-state index is 11.8. The molecule has 3 rings (SSSR count). The van der Waals surface area contributed by atoms with Gasteiger partial charge in [-0.2, -0.15) is 15.2 Å². The maximum Gasteiger partial charge on any atom is 0.365 e. The summed E-state index contributed by atoms with van der Waals surface area (Å²) in [7, 11) is -4.96. The molecule has 3 heterocycles. The Morgan fingerprint density at radius 3 is 2.90 bits per heavy atom. The van der Waals surface area contributed by atoms with Gasteiger partial charge in [0.2, 0.25) is 5.82 Å². The quantitative estimate of drug-likeness (QED) is 0.299. The molecular formula is C15H19N6O8P. The van der Waals surface area contributed by atoms with Gasteiger partial charge in [-0.05, 0) is 6.92 Å². The van der Waals surface area contributed by atoms with Crippen LogP contribution in [0.25, 0.3) is 11.2 Å². The van der Waals surface area contributed by atoms with Crippen LogP contribution in [-0.4, -0.2) is 71.6 Å². The third-order valence-electron chi connectivity index (χ3n) is 4.27. The minimum absolute atomic E-state index is 0.00708. The molecule has 2 aromatic heterocycles. The number of ether oxygens (including phenoxy) is 3. The molecule has 0 unspecified atom stereocenters. The Morgan fingerprint density at radius 1 is 1.53 bits per heavy atom. The van der Waals surface area contributed by atoms with Crippen molar-refractivity contribution in [3.63, 3.8) is 0 Å². The Balaban J connectivity index is 1.75. The van der Waals surface area contributed by atoms with E-state index in [9.17, 15) is 24.3 Å². The Kier molecular flexibility index (Phi) is 6.32. The third kappa shape index (κ3) is 4.41. The number of esters is 1. The van der Waals surface area contributed by atoms with E-state index in [2.05, 4.69) is 19.7 Å². The number of nitriles is 1. The van der Waals surface area contributed by atoms with Crippen molar-refractivity contribution in [2.45, 2.75) is 37.6 Å². The summed E-state index contributed by atoms with van der Waals surface area (Å²) in [5.41, 5.74) is 6.23. The first-order valence-electron chi connectivity index (χ1n) is 8.72. The number of nitrogens with two attached hydrogens (primary N) is 1. The van der Waals surface area contributed by atoms with Gasteiger partial charge in [0.25, 0.3) is 5.85 Å². The average molecular weight is 442 g/mol. The van der Waals surface area contributed by atoms with E-state index in [4.69, 9.17) is 20.5 Å². The number of fused-ring (bicyclic) bond motifs is 1. The summed E-state index contributed by atoms with van der Waals surface area (Å²) in [5, 5.41) is 19.3. The van der Waals surface area contributed by atoms with E-state index in [1.807, 2.05) is 0 Å². The molecule has 0 radical (unpaired) electrons. The van der Waals surface area contributed by atoms with Gasteiger partial charge in [0.15, 0.2) is 11.5 Å². The van der Waals surface area contributed by atoms with Crippen molar-refractivity contribution in [3.05, 3.63) is 12.2 Å². The highest BCUT2D eigenvalue weighted by molar-refractivity contribution is 7.53. The highest BCUT2D eigenvalue weighted by Crippen LogP contribution is 2.43. The minimum Gasteiger partial charge on any atom is -0.464 e. The number of aliphatic hydroxyl groups excluding tert-OH is 1. The summed E-state index contributed by atoms with van der Waals surface area (Å²) < 4.78 is 28.3. The number of carbonyl (C=O) groups excluding carboxylic acids is 1. The van der Waals surface area contributed by atoms with E-state index in [1.165, 1.54) is 17.8 Å². The summed E-state index contributed by atoms with van der Waals surface area (Å²) in [6, 6.07) is 1.78. The number of rotatable bonds is 7. The molecule has 162 valence electrons. The number of carbonyl (C=O) groups is 1. The molecule has 0 aromatic carbocycles. The van der Waals surface area contributed by atoms with Crippen molar-refractivity contribution in [2.75, 3.05) is 18.9 Å². The van der Waals surface area contributed by atoms with Crippen molar-refractivity contribution in [1.29, 1.82) is 5.26 Å². The second-order valence-corrected chi connectivity index (χ2v) is 7.97. The molecule has 14 nitrogen and oxygen atoms in total. The number of aromatic nitrogens is 4. The lowest BCUT2D eigenvalue weighted by molar-refractivity contribution is -0.155. The molecule has 1 aliphatic rings. The fourth-order valence-corrected chi connectivity index (χ4v) is 3.57. The first-order chi connectivity index (χ1) is 14.2. The fraction of sp³-hybridized carbons (Fsp3) is 0.533. The Bertz CT molecular complexity index is 1030. The van der Waals surface area contributed by atoms with Gasteiger partial charge < -0.3 is 34.8 Å². The summed E-state index contributed by atoms with van der Waals surface area (Å²) in [4.78, 5) is 42.3. The minimum atomic E-state index is -4.96. The molecule has 0 saturated carbocycles. The molecule has 1 fully saturated rings. The summed E-state index contributed by atoms with van der Waals surface area (Å²) in [6.45, 7) is 0.901. The van der Waals surface area contributed by atoms with Crippen LogP contribution in [0, 0.1) is 11.3 Å². The second-order valence-electron chi connectivity index (χ2n) is 6.33. The lowest BCUT2D eigenvalue weighted by Crippen LogP contribution is -2.33. The van der Waals surface area contributed by atoms with Gasteiger partial charge in [0.05, 0.1) is 25.6 Å². The zero-order valence-electron chi connectivity index (χ0n) is 15.7. The van der Waals surface area contributed by atoms with Crippen LogP contribution in [0.3, 0.4) is 0 Å². The summed E-state index contributed by atoms with van der Waals surface area (Å²) in [5.74, 6) is -3.51. The lowest BCUT2D eigenvalue weighted by atomic mass is 10.2. The Morgan fingerprint density at radius 2 is 2.27 bits per heavy atom. The van der Waals surface area contributed by atoms with Crippen LogP contribution in [0.15, 0.2) is 6.33 Å². The maximum atomic E-state index is 11.8.